The molecule has 2 aromatic rings. The number of hydrogen-bond acceptors (Lipinski definition) is 2. The van der Waals surface area contributed by atoms with E-state index >= 15 is 0 Å². The molecule has 0 saturated carbocycles. The van der Waals surface area contributed by atoms with Crippen molar-refractivity contribution in [2.75, 3.05) is 7.11 Å². The fourth-order valence-electron chi connectivity index (χ4n) is 1.86. The SMILES string of the molecule is COc1cccc(C(=O)C=Cc2cccc(C(F)(F)F)c2)c1. The highest BCUT2D eigenvalue weighted by atomic mass is 19.4. The molecule has 0 bridgehead atoms. The molecule has 2 rings (SSSR count). The molecule has 0 N–H and O–H groups in total. The number of benzene rings is 2. The Kier molecular flexibility index (Phi) is 4.65. The summed E-state index contributed by atoms with van der Waals surface area (Å²) in [4.78, 5) is 12.0. The van der Waals surface area contributed by atoms with Gasteiger partial charge in [0.15, 0.2) is 5.78 Å². The van der Waals surface area contributed by atoms with Crippen molar-refractivity contribution < 1.29 is 22.7 Å². The van der Waals surface area contributed by atoms with Gasteiger partial charge in [-0.1, -0.05) is 30.3 Å². The second kappa shape index (κ2) is 6.47. The number of ether oxygens (including phenoxy) is 1. The lowest BCUT2D eigenvalue weighted by molar-refractivity contribution is -0.137. The van der Waals surface area contributed by atoms with Crippen LogP contribution in [-0.4, -0.2) is 12.9 Å². The Morgan fingerprint density at radius 1 is 1.09 bits per heavy atom. The summed E-state index contributed by atoms with van der Waals surface area (Å²) in [5.41, 5.74) is -0.0304. The maximum absolute atomic E-state index is 12.6. The van der Waals surface area contributed by atoms with Gasteiger partial charge < -0.3 is 4.74 Å². The fraction of sp³-hybridized carbons (Fsp3) is 0.118. The number of hydrogen-bond donors (Lipinski definition) is 0. The first kappa shape index (κ1) is 15.8. The lowest BCUT2D eigenvalue weighted by Gasteiger charge is -2.06. The van der Waals surface area contributed by atoms with Crippen molar-refractivity contribution in [3.63, 3.8) is 0 Å². The summed E-state index contributed by atoms with van der Waals surface area (Å²) in [5.74, 6) is 0.231. The van der Waals surface area contributed by atoms with E-state index in [1.165, 1.54) is 31.4 Å². The number of methoxy groups -OCH3 is 1. The first-order valence-electron chi connectivity index (χ1n) is 6.44. The van der Waals surface area contributed by atoms with E-state index in [4.69, 9.17) is 4.74 Å². The van der Waals surface area contributed by atoms with Gasteiger partial charge in [0.25, 0.3) is 0 Å². The minimum absolute atomic E-state index is 0.309. The molecule has 0 saturated heterocycles. The normalized spacial score (nSPS) is 11.6. The molecule has 0 unspecified atom stereocenters. The van der Waals surface area contributed by atoms with Crippen molar-refractivity contribution in [2.24, 2.45) is 0 Å². The second-order valence-electron chi connectivity index (χ2n) is 4.55. The van der Waals surface area contributed by atoms with Crippen LogP contribution in [0.2, 0.25) is 0 Å². The molecule has 0 aliphatic carbocycles. The number of carbonyl (C=O) groups is 1. The lowest BCUT2D eigenvalue weighted by atomic mass is 10.1. The predicted molar refractivity (Wildman–Crippen MR) is 77.8 cm³/mol. The van der Waals surface area contributed by atoms with Crippen LogP contribution in [0.1, 0.15) is 21.5 Å². The molecule has 5 heteroatoms. The average Bonchev–Trinajstić information content (AvgIpc) is 2.52. The standard InChI is InChI=1S/C17H13F3O2/c1-22-15-7-3-5-13(11-15)16(21)9-8-12-4-2-6-14(10-12)17(18,19)20/h2-11H,1H3. The van der Waals surface area contributed by atoms with E-state index in [0.717, 1.165) is 12.1 Å². The maximum atomic E-state index is 12.6. The average molecular weight is 306 g/mol. The van der Waals surface area contributed by atoms with E-state index in [1.54, 1.807) is 24.3 Å². The number of alkyl halides is 3. The van der Waals surface area contributed by atoms with Gasteiger partial charge >= 0.3 is 6.18 Å². The molecule has 22 heavy (non-hydrogen) atoms. The van der Waals surface area contributed by atoms with Gasteiger partial charge in [0.05, 0.1) is 12.7 Å². The van der Waals surface area contributed by atoms with E-state index < -0.39 is 11.7 Å². The molecule has 2 aromatic carbocycles. The van der Waals surface area contributed by atoms with E-state index in [9.17, 15) is 18.0 Å². The summed E-state index contributed by atoms with van der Waals surface area (Å²) < 4.78 is 42.9. The van der Waals surface area contributed by atoms with Gasteiger partial charge in [-0.2, -0.15) is 13.2 Å². The van der Waals surface area contributed by atoms with Gasteiger partial charge in [0, 0.05) is 5.56 Å². The summed E-state index contributed by atoms with van der Waals surface area (Å²) in [6.07, 6.45) is -1.80. The Morgan fingerprint density at radius 3 is 2.50 bits per heavy atom. The predicted octanol–water partition coefficient (Wildman–Crippen LogP) is 4.61. The number of halogens is 3. The summed E-state index contributed by atoms with van der Waals surface area (Å²) in [6, 6.07) is 11.3. The Morgan fingerprint density at radius 2 is 1.82 bits per heavy atom. The van der Waals surface area contributed by atoms with E-state index in [1.807, 2.05) is 0 Å². The minimum atomic E-state index is -4.40. The van der Waals surface area contributed by atoms with Crippen molar-refractivity contribution >= 4 is 11.9 Å². The largest absolute Gasteiger partial charge is 0.497 e. The first-order valence-corrected chi connectivity index (χ1v) is 6.44. The van der Waals surface area contributed by atoms with Gasteiger partial charge in [-0.25, -0.2) is 0 Å². The van der Waals surface area contributed by atoms with Crippen molar-refractivity contribution in [1.29, 1.82) is 0 Å². The molecular formula is C17H13F3O2. The number of carbonyl (C=O) groups excluding carboxylic acids is 1. The van der Waals surface area contributed by atoms with E-state index in [2.05, 4.69) is 0 Å². The van der Waals surface area contributed by atoms with Crippen LogP contribution in [0.4, 0.5) is 13.2 Å². The zero-order valence-electron chi connectivity index (χ0n) is 11.7. The van der Waals surface area contributed by atoms with E-state index in [0.29, 0.717) is 16.9 Å². The minimum Gasteiger partial charge on any atom is -0.497 e. The molecule has 0 amide bonds. The number of rotatable bonds is 4. The van der Waals surface area contributed by atoms with Crippen molar-refractivity contribution in [3.8, 4) is 5.75 Å². The highest BCUT2D eigenvalue weighted by Crippen LogP contribution is 2.29. The van der Waals surface area contributed by atoms with Crippen LogP contribution in [0, 0.1) is 0 Å². The molecular weight excluding hydrogens is 293 g/mol. The topological polar surface area (TPSA) is 26.3 Å². The summed E-state index contributed by atoms with van der Waals surface area (Å²) >= 11 is 0. The maximum Gasteiger partial charge on any atom is 0.416 e. The molecule has 2 nitrogen and oxygen atoms in total. The van der Waals surface area contributed by atoms with Crippen LogP contribution in [0.3, 0.4) is 0 Å². The lowest BCUT2D eigenvalue weighted by Crippen LogP contribution is -2.04. The van der Waals surface area contributed by atoms with Crippen molar-refractivity contribution in [1.82, 2.24) is 0 Å². The van der Waals surface area contributed by atoms with Gasteiger partial charge in [0.2, 0.25) is 0 Å². The smallest absolute Gasteiger partial charge is 0.416 e. The fourth-order valence-corrected chi connectivity index (χ4v) is 1.86. The van der Waals surface area contributed by atoms with Crippen LogP contribution in [-0.2, 0) is 6.18 Å². The Hall–Kier alpha value is -2.56. The highest BCUT2D eigenvalue weighted by molar-refractivity contribution is 6.07. The third-order valence-corrected chi connectivity index (χ3v) is 3.00. The molecule has 0 aliphatic rings. The molecule has 0 spiro atoms. The van der Waals surface area contributed by atoms with Crippen LogP contribution in [0.15, 0.2) is 54.6 Å². The Bertz CT molecular complexity index is 703. The third kappa shape index (κ3) is 3.97. The second-order valence-corrected chi connectivity index (χ2v) is 4.55. The first-order chi connectivity index (χ1) is 10.4. The van der Waals surface area contributed by atoms with Crippen LogP contribution in [0.5, 0.6) is 5.75 Å². The Labute approximate surface area is 125 Å². The summed E-state index contributed by atoms with van der Waals surface area (Å²) in [7, 11) is 1.49. The monoisotopic (exact) mass is 306 g/mol. The van der Waals surface area contributed by atoms with Crippen molar-refractivity contribution in [2.45, 2.75) is 6.18 Å². The van der Waals surface area contributed by atoms with Crippen LogP contribution >= 0.6 is 0 Å². The molecule has 0 aliphatic heterocycles. The van der Waals surface area contributed by atoms with Crippen LogP contribution in [0.25, 0.3) is 6.08 Å². The highest BCUT2D eigenvalue weighted by Gasteiger charge is 2.30. The zero-order chi connectivity index (χ0) is 16.2. The van der Waals surface area contributed by atoms with Gasteiger partial charge in [0.1, 0.15) is 5.75 Å². The zero-order valence-corrected chi connectivity index (χ0v) is 11.7. The summed E-state index contributed by atoms with van der Waals surface area (Å²) in [5, 5.41) is 0. The third-order valence-electron chi connectivity index (χ3n) is 3.00. The number of ketones is 1. The van der Waals surface area contributed by atoms with Crippen LogP contribution < -0.4 is 4.74 Å². The molecule has 114 valence electrons. The molecule has 0 heterocycles. The van der Waals surface area contributed by atoms with E-state index in [-0.39, 0.29) is 5.78 Å². The summed E-state index contributed by atoms with van der Waals surface area (Å²) in [6.45, 7) is 0. The quantitative estimate of drug-likeness (QED) is 0.609. The molecule has 0 fully saturated rings. The Balaban J connectivity index is 2.19. The van der Waals surface area contributed by atoms with Gasteiger partial charge in [-0.15, -0.1) is 0 Å². The number of allylic oxidation sites excluding steroid dienone is 1. The van der Waals surface area contributed by atoms with Crippen molar-refractivity contribution in [3.05, 3.63) is 71.3 Å². The molecule has 0 atom stereocenters. The molecule has 0 aromatic heterocycles. The van der Waals surface area contributed by atoms with Gasteiger partial charge in [-0.05, 0) is 35.9 Å². The molecule has 0 radical (unpaired) electrons. The van der Waals surface area contributed by atoms with Gasteiger partial charge in [-0.3, -0.25) is 4.79 Å².